The Labute approximate surface area is 106 Å². The number of carbonyl (C=O) groups excluding carboxylic acids is 1. The van der Waals surface area contributed by atoms with Crippen LogP contribution in [0, 0.1) is 0 Å². The van der Waals surface area contributed by atoms with Crippen LogP contribution in [0.4, 0.5) is 0 Å². The van der Waals surface area contributed by atoms with Crippen LogP contribution in [-0.2, 0) is 0 Å². The highest BCUT2D eigenvalue weighted by atomic mass is 32.1. The summed E-state index contributed by atoms with van der Waals surface area (Å²) in [5.41, 5.74) is 1.68. The number of amides is 1. The molecule has 3 rings (SSSR count). The Kier molecular flexibility index (Phi) is 2.56. The number of benzene rings is 1. The molecular formula is C14H13NOS. The third-order valence-electron chi connectivity index (χ3n) is 3.43. The summed E-state index contributed by atoms with van der Waals surface area (Å²) in [5.74, 6) is 0.0749. The predicted octanol–water partition coefficient (Wildman–Crippen LogP) is 2.93. The fraction of sp³-hybridized carbons (Fsp3) is 0.286. The van der Waals surface area contributed by atoms with Gasteiger partial charge in [-0.3, -0.25) is 9.69 Å². The standard InChI is InChI=1S/C14H13NOS/c16-13-11-8-4-5-9-12(11)14(17)15(13)10-6-2-1-3-7-10/h1-2,4-5,8-10H,3,6-7H2. The highest BCUT2D eigenvalue weighted by Gasteiger charge is 2.36. The van der Waals surface area contributed by atoms with Crippen LogP contribution in [0.2, 0.25) is 0 Å². The maximum Gasteiger partial charge on any atom is 0.259 e. The maximum atomic E-state index is 12.3. The number of hydrogen-bond donors (Lipinski definition) is 0. The molecule has 2 aliphatic rings. The Morgan fingerprint density at radius 3 is 2.59 bits per heavy atom. The third kappa shape index (κ3) is 1.62. The highest BCUT2D eigenvalue weighted by Crippen LogP contribution is 2.29. The maximum absolute atomic E-state index is 12.3. The molecule has 1 atom stereocenters. The van der Waals surface area contributed by atoms with Crippen molar-refractivity contribution in [1.82, 2.24) is 4.90 Å². The number of rotatable bonds is 1. The summed E-state index contributed by atoms with van der Waals surface area (Å²) in [6.07, 6.45) is 7.28. The Balaban J connectivity index is 1.97. The number of thiocarbonyl (C=S) groups is 1. The largest absolute Gasteiger partial charge is 0.295 e. The average Bonchev–Trinajstić information content (AvgIpc) is 2.64. The second-order valence-corrected chi connectivity index (χ2v) is 4.85. The summed E-state index contributed by atoms with van der Waals surface area (Å²) < 4.78 is 0. The summed E-state index contributed by atoms with van der Waals surface area (Å²) in [6.45, 7) is 0. The first-order valence-corrected chi connectivity index (χ1v) is 6.32. The molecule has 0 bridgehead atoms. The number of allylic oxidation sites excluding steroid dienone is 1. The smallest absolute Gasteiger partial charge is 0.259 e. The first kappa shape index (κ1) is 10.7. The summed E-state index contributed by atoms with van der Waals surface area (Å²) in [6, 6.07) is 7.87. The van der Waals surface area contributed by atoms with Crippen molar-refractivity contribution >= 4 is 23.1 Å². The number of fused-ring (bicyclic) bond motifs is 1. The lowest BCUT2D eigenvalue weighted by Gasteiger charge is -2.28. The van der Waals surface area contributed by atoms with Gasteiger partial charge >= 0.3 is 0 Å². The van der Waals surface area contributed by atoms with E-state index in [1.165, 1.54) is 0 Å². The highest BCUT2D eigenvalue weighted by molar-refractivity contribution is 7.80. The second kappa shape index (κ2) is 4.08. The first-order chi connectivity index (χ1) is 8.29. The average molecular weight is 243 g/mol. The lowest BCUT2D eigenvalue weighted by atomic mass is 10.0. The number of nitrogens with zero attached hydrogens (tertiary/aromatic N) is 1. The van der Waals surface area contributed by atoms with E-state index in [0.717, 1.165) is 30.4 Å². The number of carbonyl (C=O) groups is 1. The molecule has 0 spiro atoms. The van der Waals surface area contributed by atoms with Gasteiger partial charge in [0.15, 0.2) is 0 Å². The molecule has 0 N–H and O–H groups in total. The van der Waals surface area contributed by atoms with E-state index in [1.807, 2.05) is 29.2 Å². The summed E-state index contributed by atoms with van der Waals surface area (Å²) in [4.78, 5) is 14.8. The van der Waals surface area contributed by atoms with Gasteiger partial charge in [-0.25, -0.2) is 0 Å². The molecule has 0 radical (unpaired) electrons. The van der Waals surface area contributed by atoms with Crippen molar-refractivity contribution in [3.8, 4) is 0 Å². The zero-order valence-corrected chi connectivity index (χ0v) is 10.2. The predicted molar refractivity (Wildman–Crippen MR) is 71.1 cm³/mol. The van der Waals surface area contributed by atoms with Gasteiger partial charge in [0.2, 0.25) is 0 Å². The van der Waals surface area contributed by atoms with E-state index < -0.39 is 0 Å². The van der Waals surface area contributed by atoms with Crippen molar-refractivity contribution in [3.05, 3.63) is 47.5 Å². The molecule has 3 heteroatoms. The summed E-state index contributed by atoms with van der Waals surface area (Å²) >= 11 is 5.43. The summed E-state index contributed by atoms with van der Waals surface area (Å²) in [5, 5.41) is 0. The van der Waals surface area contributed by atoms with Gasteiger partial charge in [-0.15, -0.1) is 0 Å². The van der Waals surface area contributed by atoms with Crippen molar-refractivity contribution in [1.29, 1.82) is 0 Å². The summed E-state index contributed by atoms with van der Waals surface area (Å²) in [7, 11) is 0. The normalized spacial score (nSPS) is 23.1. The Morgan fingerprint density at radius 1 is 1.18 bits per heavy atom. The van der Waals surface area contributed by atoms with Gasteiger partial charge in [0, 0.05) is 11.6 Å². The van der Waals surface area contributed by atoms with E-state index in [0.29, 0.717) is 4.99 Å². The van der Waals surface area contributed by atoms with E-state index in [2.05, 4.69) is 12.2 Å². The third-order valence-corrected chi connectivity index (χ3v) is 3.85. The Morgan fingerprint density at radius 2 is 1.94 bits per heavy atom. The minimum Gasteiger partial charge on any atom is -0.295 e. The molecule has 1 aromatic carbocycles. The van der Waals surface area contributed by atoms with E-state index in [-0.39, 0.29) is 11.9 Å². The van der Waals surface area contributed by atoms with Crippen molar-refractivity contribution in [3.63, 3.8) is 0 Å². The topological polar surface area (TPSA) is 20.3 Å². The molecular weight excluding hydrogens is 230 g/mol. The number of hydrogen-bond acceptors (Lipinski definition) is 2. The fourth-order valence-corrected chi connectivity index (χ4v) is 2.96. The van der Waals surface area contributed by atoms with E-state index in [1.54, 1.807) is 0 Å². The second-order valence-electron chi connectivity index (χ2n) is 4.46. The molecule has 86 valence electrons. The van der Waals surface area contributed by atoms with Crippen LogP contribution in [0.15, 0.2) is 36.4 Å². The molecule has 0 aromatic heterocycles. The van der Waals surface area contributed by atoms with Crippen LogP contribution in [0.5, 0.6) is 0 Å². The monoisotopic (exact) mass is 243 g/mol. The van der Waals surface area contributed by atoms with Crippen molar-refractivity contribution in [2.45, 2.75) is 25.3 Å². The van der Waals surface area contributed by atoms with Gasteiger partial charge < -0.3 is 0 Å². The minimum absolute atomic E-state index is 0.0749. The van der Waals surface area contributed by atoms with Crippen LogP contribution < -0.4 is 0 Å². The van der Waals surface area contributed by atoms with Gasteiger partial charge in [-0.2, -0.15) is 0 Å². The molecule has 1 aromatic rings. The lowest BCUT2D eigenvalue weighted by Crippen LogP contribution is -2.39. The molecule has 1 unspecified atom stereocenters. The van der Waals surface area contributed by atoms with Crippen molar-refractivity contribution in [2.24, 2.45) is 0 Å². The lowest BCUT2D eigenvalue weighted by molar-refractivity contribution is 0.0814. The van der Waals surface area contributed by atoms with Gasteiger partial charge in [-0.1, -0.05) is 42.6 Å². The van der Waals surface area contributed by atoms with Crippen LogP contribution in [0.1, 0.15) is 35.2 Å². The zero-order chi connectivity index (χ0) is 11.8. The van der Waals surface area contributed by atoms with E-state index >= 15 is 0 Å². The van der Waals surface area contributed by atoms with E-state index in [4.69, 9.17) is 12.2 Å². The van der Waals surface area contributed by atoms with Crippen molar-refractivity contribution in [2.75, 3.05) is 0 Å². The molecule has 2 nitrogen and oxygen atoms in total. The molecule has 0 saturated carbocycles. The van der Waals surface area contributed by atoms with Crippen LogP contribution in [-0.4, -0.2) is 21.8 Å². The Hall–Kier alpha value is -1.48. The zero-order valence-electron chi connectivity index (χ0n) is 9.43. The molecule has 1 heterocycles. The Bertz CT molecular complexity index is 486. The molecule has 0 saturated heterocycles. The molecule has 1 amide bonds. The van der Waals surface area contributed by atoms with Crippen LogP contribution in [0.3, 0.4) is 0 Å². The van der Waals surface area contributed by atoms with Gasteiger partial charge in [0.25, 0.3) is 5.91 Å². The minimum atomic E-state index is 0.0749. The van der Waals surface area contributed by atoms with Gasteiger partial charge in [0.05, 0.1) is 5.56 Å². The van der Waals surface area contributed by atoms with Crippen molar-refractivity contribution < 1.29 is 4.79 Å². The molecule has 1 aliphatic heterocycles. The SMILES string of the molecule is O=C1c2ccccc2C(=S)N1C1CC=CCC1. The quantitative estimate of drug-likeness (QED) is 0.558. The van der Waals surface area contributed by atoms with Crippen LogP contribution >= 0.6 is 12.2 Å². The van der Waals surface area contributed by atoms with Gasteiger partial charge in [-0.05, 0) is 25.3 Å². The molecule has 17 heavy (non-hydrogen) atoms. The molecule has 1 aliphatic carbocycles. The first-order valence-electron chi connectivity index (χ1n) is 5.91. The van der Waals surface area contributed by atoms with E-state index in [9.17, 15) is 4.79 Å². The molecule has 0 fully saturated rings. The van der Waals surface area contributed by atoms with Crippen LogP contribution in [0.25, 0.3) is 0 Å². The fourth-order valence-electron chi connectivity index (χ4n) is 2.55. The van der Waals surface area contributed by atoms with Gasteiger partial charge in [0.1, 0.15) is 4.99 Å².